The van der Waals surface area contributed by atoms with Gasteiger partial charge in [0.05, 0.1) is 6.42 Å². The van der Waals surface area contributed by atoms with Crippen LogP contribution in [0.25, 0.3) is 0 Å². The molecule has 0 radical (unpaired) electrons. The van der Waals surface area contributed by atoms with Crippen molar-refractivity contribution in [3.63, 3.8) is 0 Å². The van der Waals surface area contributed by atoms with Gasteiger partial charge in [0.15, 0.2) is 0 Å². The number of piperidine rings is 1. The summed E-state index contributed by atoms with van der Waals surface area (Å²) in [7, 11) is 0. The maximum absolute atomic E-state index is 12.2. The molecular weight excluding hydrogens is 224 g/mol. The van der Waals surface area contributed by atoms with Crippen molar-refractivity contribution in [1.82, 2.24) is 4.90 Å². The average Bonchev–Trinajstić information content (AvgIpc) is 2.39. The van der Waals surface area contributed by atoms with Crippen LogP contribution >= 0.6 is 0 Å². The second kappa shape index (κ2) is 6.01. The molecule has 1 amide bonds. The summed E-state index contributed by atoms with van der Waals surface area (Å²) in [4.78, 5) is 14.1. The van der Waals surface area contributed by atoms with Crippen LogP contribution in [0.3, 0.4) is 0 Å². The average molecular weight is 246 g/mol. The van der Waals surface area contributed by atoms with Gasteiger partial charge in [-0.3, -0.25) is 4.79 Å². The molecule has 0 aliphatic carbocycles. The molecular formula is C15H22N2O. The second-order valence-corrected chi connectivity index (χ2v) is 5.23. The van der Waals surface area contributed by atoms with E-state index in [9.17, 15) is 4.79 Å². The molecule has 18 heavy (non-hydrogen) atoms. The molecule has 0 spiro atoms. The lowest BCUT2D eigenvalue weighted by molar-refractivity contribution is -0.131. The van der Waals surface area contributed by atoms with E-state index in [1.807, 2.05) is 17.0 Å². The number of likely N-dealkylation sites (tertiary alicyclic amines) is 1. The van der Waals surface area contributed by atoms with Crippen molar-refractivity contribution >= 4 is 5.91 Å². The first-order valence-electron chi connectivity index (χ1n) is 6.72. The molecule has 1 heterocycles. The first kappa shape index (κ1) is 13.1. The highest BCUT2D eigenvalue weighted by Crippen LogP contribution is 2.17. The Balaban J connectivity index is 1.89. The topological polar surface area (TPSA) is 46.3 Å². The predicted molar refractivity (Wildman–Crippen MR) is 73.2 cm³/mol. The van der Waals surface area contributed by atoms with Crippen LogP contribution in [0.1, 0.15) is 24.0 Å². The smallest absolute Gasteiger partial charge is 0.226 e. The molecule has 1 fully saturated rings. The zero-order chi connectivity index (χ0) is 13.0. The summed E-state index contributed by atoms with van der Waals surface area (Å²) < 4.78 is 0. The minimum atomic E-state index is 0.246. The highest BCUT2D eigenvalue weighted by atomic mass is 16.2. The normalized spacial score (nSPS) is 16.9. The zero-order valence-corrected chi connectivity index (χ0v) is 11.1. The molecule has 1 saturated heterocycles. The molecule has 0 atom stereocenters. The standard InChI is InChI=1S/C15H22N2O/c1-12-3-2-4-14(9-12)10-15(18)17-7-5-13(11-16)6-8-17/h2-4,9,13H,5-8,10-11,16H2,1H3. The van der Waals surface area contributed by atoms with Crippen molar-refractivity contribution in [2.24, 2.45) is 11.7 Å². The fraction of sp³-hybridized carbons (Fsp3) is 0.533. The first-order valence-corrected chi connectivity index (χ1v) is 6.72. The third-order valence-corrected chi connectivity index (χ3v) is 3.74. The summed E-state index contributed by atoms with van der Waals surface area (Å²) in [5.74, 6) is 0.851. The summed E-state index contributed by atoms with van der Waals surface area (Å²) in [6, 6.07) is 8.18. The van der Waals surface area contributed by atoms with Gasteiger partial charge >= 0.3 is 0 Å². The van der Waals surface area contributed by atoms with Crippen LogP contribution in [-0.2, 0) is 11.2 Å². The van der Waals surface area contributed by atoms with E-state index in [2.05, 4.69) is 19.1 Å². The van der Waals surface area contributed by atoms with E-state index in [4.69, 9.17) is 5.73 Å². The monoisotopic (exact) mass is 246 g/mol. The predicted octanol–water partition coefficient (Wildman–Crippen LogP) is 1.73. The number of rotatable bonds is 3. The van der Waals surface area contributed by atoms with Crippen molar-refractivity contribution in [2.75, 3.05) is 19.6 Å². The number of benzene rings is 1. The Labute approximate surface area is 109 Å². The SMILES string of the molecule is Cc1cccc(CC(=O)N2CCC(CN)CC2)c1. The first-order chi connectivity index (χ1) is 8.69. The van der Waals surface area contributed by atoms with Crippen LogP contribution in [0.15, 0.2) is 24.3 Å². The van der Waals surface area contributed by atoms with Gasteiger partial charge in [-0.15, -0.1) is 0 Å². The Kier molecular flexibility index (Phi) is 4.37. The number of aryl methyl sites for hydroxylation is 1. The number of nitrogens with zero attached hydrogens (tertiary/aromatic N) is 1. The highest BCUT2D eigenvalue weighted by molar-refractivity contribution is 5.78. The molecule has 0 saturated carbocycles. The molecule has 0 aromatic heterocycles. The number of nitrogens with two attached hydrogens (primary N) is 1. The third kappa shape index (κ3) is 3.33. The lowest BCUT2D eigenvalue weighted by atomic mass is 9.96. The molecule has 1 aliphatic rings. The fourth-order valence-electron chi connectivity index (χ4n) is 2.53. The zero-order valence-electron chi connectivity index (χ0n) is 11.1. The molecule has 1 aromatic carbocycles. The van der Waals surface area contributed by atoms with Gasteiger partial charge in [-0.1, -0.05) is 29.8 Å². The fourth-order valence-corrected chi connectivity index (χ4v) is 2.53. The van der Waals surface area contributed by atoms with Gasteiger partial charge in [-0.05, 0) is 37.8 Å². The van der Waals surface area contributed by atoms with E-state index in [1.54, 1.807) is 0 Å². The maximum atomic E-state index is 12.2. The molecule has 3 nitrogen and oxygen atoms in total. The minimum Gasteiger partial charge on any atom is -0.342 e. The van der Waals surface area contributed by atoms with E-state index in [1.165, 1.54) is 5.56 Å². The van der Waals surface area contributed by atoms with Crippen LogP contribution in [0.2, 0.25) is 0 Å². The van der Waals surface area contributed by atoms with Gasteiger partial charge < -0.3 is 10.6 Å². The van der Waals surface area contributed by atoms with Gasteiger partial charge in [-0.2, -0.15) is 0 Å². The van der Waals surface area contributed by atoms with Crippen LogP contribution in [0.5, 0.6) is 0 Å². The number of hydrogen-bond acceptors (Lipinski definition) is 2. The van der Waals surface area contributed by atoms with E-state index in [-0.39, 0.29) is 5.91 Å². The quantitative estimate of drug-likeness (QED) is 0.883. The summed E-state index contributed by atoms with van der Waals surface area (Å²) in [6.45, 7) is 4.54. The molecule has 0 bridgehead atoms. The van der Waals surface area contributed by atoms with Crippen molar-refractivity contribution in [3.8, 4) is 0 Å². The number of hydrogen-bond donors (Lipinski definition) is 1. The van der Waals surface area contributed by atoms with Crippen LogP contribution in [0, 0.1) is 12.8 Å². The molecule has 2 rings (SSSR count). The summed E-state index contributed by atoms with van der Waals surface area (Å²) in [6.07, 6.45) is 2.63. The van der Waals surface area contributed by atoms with Crippen LogP contribution < -0.4 is 5.73 Å². The van der Waals surface area contributed by atoms with E-state index >= 15 is 0 Å². The van der Waals surface area contributed by atoms with Gasteiger partial charge in [0, 0.05) is 13.1 Å². The highest BCUT2D eigenvalue weighted by Gasteiger charge is 2.21. The Hall–Kier alpha value is -1.35. The molecule has 0 unspecified atom stereocenters. The Morgan fingerprint density at radius 1 is 1.39 bits per heavy atom. The molecule has 1 aliphatic heterocycles. The minimum absolute atomic E-state index is 0.246. The molecule has 2 N–H and O–H groups in total. The van der Waals surface area contributed by atoms with Crippen molar-refractivity contribution in [2.45, 2.75) is 26.2 Å². The third-order valence-electron chi connectivity index (χ3n) is 3.74. The van der Waals surface area contributed by atoms with Crippen LogP contribution in [0.4, 0.5) is 0 Å². The molecule has 3 heteroatoms. The van der Waals surface area contributed by atoms with Crippen molar-refractivity contribution < 1.29 is 4.79 Å². The van der Waals surface area contributed by atoms with Gasteiger partial charge in [-0.25, -0.2) is 0 Å². The number of amides is 1. The summed E-state index contributed by atoms with van der Waals surface area (Å²) >= 11 is 0. The van der Waals surface area contributed by atoms with E-state index in [0.717, 1.165) is 38.0 Å². The van der Waals surface area contributed by atoms with E-state index in [0.29, 0.717) is 12.3 Å². The molecule has 1 aromatic rings. The van der Waals surface area contributed by atoms with Gasteiger partial charge in [0.1, 0.15) is 0 Å². The largest absolute Gasteiger partial charge is 0.342 e. The second-order valence-electron chi connectivity index (χ2n) is 5.23. The van der Waals surface area contributed by atoms with Gasteiger partial charge in [0.25, 0.3) is 0 Å². The van der Waals surface area contributed by atoms with Crippen LogP contribution in [-0.4, -0.2) is 30.4 Å². The number of carbonyl (C=O) groups is 1. The summed E-state index contributed by atoms with van der Waals surface area (Å²) in [5, 5.41) is 0. The van der Waals surface area contributed by atoms with E-state index < -0.39 is 0 Å². The van der Waals surface area contributed by atoms with Crippen molar-refractivity contribution in [3.05, 3.63) is 35.4 Å². The maximum Gasteiger partial charge on any atom is 0.226 e. The van der Waals surface area contributed by atoms with Crippen molar-refractivity contribution in [1.29, 1.82) is 0 Å². The lowest BCUT2D eigenvalue weighted by Crippen LogP contribution is -2.40. The summed E-state index contributed by atoms with van der Waals surface area (Å²) in [5.41, 5.74) is 7.98. The Bertz CT molecular complexity index is 409. The Morgan fingerprint density at radius 3 is 2.72 bits per heavy atom. The number of carbonyl (C=O) groups excluding carboxylic acids is 1. The lowest BCUT2D eigenvalue weighted by Gasteiger charge is -2.31. The van der Waals surface area contributed by atoms with Gasteiger partial charge in [0.2, 0.25) is 5.91 Å². The Morgan fingerprint density at radius 2 is 2.11 bits per heavy atom. The molecule has 98 valence electrons.